The zero-order valence-electron chi connectivity index (χ0n) is 7.07. The number of pyridine rings is 1. The number of para-hydroxylation sites is 1. The maximum Gasteiger partial charge on any atom is 0.127 e. The average Bonchev–Trinajstić information content (AvgIpc) is 2.18. The lowest BCUT2D eigenvalue weighted by Gasteiger charge is -2.01. The molecule has 0 aliphatic heterocycles. The van der Waals surface area contributed by atoms with E-state index in [-0.39, 0.29) is 5.75 Å². The van der Waals surface area contributed by atoms with Crippen molar-refractivity contribution in [3.63, 3.8) is 0 Å². The van der Waals surface area contributed by atoms with E-state index in [0.717, 1.165) is 10.9 Å². The molecular weight excluding hydrogens is 162 g/mol. The van der Waals surface area contributed by atoms with Crippen LogP contribution in [0.25, 0.3) is 17.0 Å². The Hall–Kier alpha value is -1.83. The maximum absolute atomic E-state index is 9.60. The number of aromatic nitrogens is 1. The van der Waals surface area contributed by atoms with Gasteiger partial charge in [-0.15, -0.1) is 0 Å². The van der Waals surface area contributed by atoms with Crippen molar-refractivity contribution in [3.8, 4) is 5.75 Å². The van der Waals surface area contributed by atoms with Gasteiger partial charge < -0.3 is 5.11 Å². The molecule has 0 fully saturated rings. The highest BCUT2D eigenvalue weighted by molar-refractivity contribution is 5.85. The molecule has 0 amide bonds. The Morgan fingerprint density at radius 1 is 1.31 bits per heavy atom. The van der Waals surface area contributed by atoms with Crippen LogP contribution in [0.3, 0.4) is 0 Å². The number of nitrogens with zero attached hydrogens (tertiary/aromatic N) is 1. The Bertz CT molecular complexity index is 463. The van der Waals surface area contributed by atoms with Crippen molar-refractivity contribution in [2.24, 2.45) is 0 Å². The van der Waals surface area contributed by atoms with Crippen molar-refractivity contribution < 1.29 is 5.11 Å². The van der Waals surface area contributed by atoms with Crippen molar-refractivity contribution in [3.05, 3.63) is 42.6 Å². The number of hydrogen-bond donors (Lipinski definition) is 1. The summed E-state index contributed by atoms with van der Waals surface area (Å²) in [6, 6.07) is 9.07. The van der Waals surface area contributed by atoms with Crippen LogP contribution in [-0.2, 0) is 0 Å². The topological polar surface area (TPSA) is 33.1 Å². The Morgan fingerprint density at radius 2 is 2.08 bits per heavy atom. The molecule has 0 aliphatic carbocycles. The van der Waals surface area contributed by atoms with Crippen LogP contribution in [0.2, 0.25) is 0 Å². The number of aromatic hydroxyl groups is 1. The molecule has 2 rings (SSSR count). The number of rotatable bonds is 1. The normalized spacial score (nSPS) is 10.2. The van der Waals surface area contributed by atoms with Crippen LogP contribution in [0.4, 0.5) is 0 Å². The first kappa shape index (κ1) is 7.80. The van der Waals surface area contributed by atoms with Crippen molar-refractivity contribution in [1.82, 2.24) is 4.98 Å². The molecule has 1 aromatic carbocycles. The highest BCUT2D eigenvalue weighted by Gasteiger charge is 2.00. The predicted molar refractivity (Wildman–Crippen MR) is 53.5 cm³/mol. The summed E-state index contributed by atoms with van der Waals surface area (Å²) in [5, 5.41) is 10.4. The summed E-state index contributed by atoms with van der Waals surface area (Å²) in [7, 11) is 0. The molecule has 0 unspecified atom stereocenters. The van der Waals surface area contributed by atoms with Crippen LogP contribution in [-0.4, -0.2) is 10.1 Å². The van der Waals surface area contributed by atoms with Gasteiger partial charge in [-0.1, -0.05) is 18.7 Å². The molecule has 0 radical (unpaired) electrons. The Kier molecular flexibility index (Phi) is 1.74. The monoisotopic (exact) mass is 171 g/mol. The second-order valence-electron chi connectivity index (χ2n) is 2.79. The summed E-state index contributed by atoms with van der Waals surface area (Å²) in [4.78, 5) is 4.28. The summed E-state index contributed by atoms with van der Waals surface area (Å²) in [5.41, 5.74) is 1.48. The van der Waals surface area contributed by atoms with E-state index in [2.05, 4.69) is 11.6 Å². The molecule has 0 saturated heterocycles. The van der Waals surface area contributed by atoms with Crippen LogP contribution < -0.4 is 0 Å². The predicted octanol–water partition coefficient (Wildman–Crippen LogP) is 2.58. The minimum absolute atomic E-state index is 0.250. The van der Waals surface area contributed by atoms with Gasteiger partial charge in [0.05, 0.1) is 11.2 Å². The third-order valence-electron chi connectivity index (χ3n) is 1.92. The maximum atomic E-state index is 9.60. The summed E-state index contributed by atoms with van der Waals surface area (Å²) >= 11 is 0. The quantitative estimate of drug-likeness (QED) is 0.715. The van der Waals surface area contributed by atoms with Gasteiger partial charge in [-0.25, -0.2) is 4.98 Å². The van der Waals surface area contributed by atoms with Crippen molar-refractivity contribution in [2.75, 3.05) is 0 Å². The zero-order valence-corrected chi connectivity index (χ0v) is 7.07. The minimum atomic E-state index is 0.250. The van der Waals surface area contributed by atoms with E-state index in [4.69, 9.17) is 0 Å². The standard InChI is InChI=1S/C11H9NO/c1-2-8-7-11(13)9-5-3-4-6-10(9)12-8/h2-7H,1H2,(H,12,13). The van der Waals surface area contributed by atoms with Gasteiger partial charge in [-0.05, 0) is 18.2 Å². The van der Waals surface area contributed by atoms with Gasteiger partial charge in [0, 0.05) is 11.5 Å². The van der Waals surface area contributed by atoms with E-state index in [1.165, 1.54) is 0 Å². The van der Waals surface area contributed by atoms with Gasteiger partial charge in [0.2, 0.25) is 0 Å². The highest BCUT2D eigenvalue weighted by atomic mass is 16.3. The van der Waals surface area contributed by atoms with E-state index in [9.17, 15) is 5.11 Å². The first-order valence-corrected chi connectivity index (χ1v) is 4.02. The molecule has 0 aliphatic rings. The van der Waals surface area contributed by atoms with Crippen molar-refractivity contribution >= 4 is 17.0 Å². The Labute approximate surface area is 76.2 Å². The SMILES string of the molecule is C=Cc1cc(O)c2ccccc2n1. The first-order chi connectivity index (χ1) is 6.31. The van der Waals surface area contributed by atoms with Gasteiger partial charge in [-0.2, -0.15) is 0 Å². The summed E-state index contributed by atoms with van der Waals surface area (Å²) in [6.45, 7) is 3.61. The highest BCUT2D eigenvalue weighted by Crippen LogP contribution is 2.23. The second-order valence-corrected chi connectivity index (χ2v) is 2.79. The molecule has 13 heavy (non-hydrogen) atoms. The fourth-order valence-electron chi connectivity index (χ4n) is 1.28. The summed E-state index contributed by atoms with van der Waals surface area (Å²) in [5.74, 6) is 0.250. The number of hydrogen-bond acceptors (Lipinski definition) is 2. The lowest BCUT2D eigenvalue weighted by molar-refractivity contribution is 0.481. The second kappa shape index (κ2) is 2.90. The molecule has 2 aromatic rings. The smallest absolute Gasteiger partial charge is 0.127 e. The third-order valence-corrected chi connectivity index (χ3v) is 1.92. The molecule has 2 nitrogen and oxygen atoms in total. The molecule has 0 atom stereocenters. The summed E-state index contributed by atoms with van der Waals surface area (Å²) in [6.07, 6.45) is 1.62. The van der Waals surface area contributed by atoms with Crippen LogP contribution >= 0.6 is 0 Å². The molecule has 1 heterocycles. The Morgan fingerprint density at radius 3 is 2.85 bits per heavy atom. The van der Waals surface area contributed by atoms with E-state index in [1.54, 1.807) is 12.1 Å². The average molecular weight is 171 g/mol. The fourth-order valence-corrected chi connectivity index (χ4v) is 1.28. The van der Waals surface area contributed by atoms with Gasteiger partial charge in [0.25, 0.3) is 0 Å². The first-order valence-electron chi connectivity index (χ1n) is 4.02. The summed E-state index contributed by atoms with van der Waals surface area (Å²) < 4.78 is 0. The van der Waals surface area contributed by atoms with Crippen LogP contribution in [0.1, 0.15) is 5.69 Å². The molecule has 1 aromatic heterocycles. The largest absolute Gasteiger partial charge is 0.507 e. The number of benzene rings is 1. The van der Waals surface area contributed by atoms with Gasteiger partial charge in [-0.3, -0.25) is 0 Å². The Balaban J connectivity index is 2.84. The lowest BCUT2D eigenvalue weighted by Crippen LogP contribution is -1.83. The van der Waals surface area contributed by atoms with E-state index in [0.29, 0.717) is 5.69 Å². The number of fused-ring (bicyclic) bond motifs is 1. The fraction of sp³-hybridized carbons (Fsp3) is 0. The zero-order chi connectivity index (χ0) is 9.26. The third kappa shape index (κ3) is 1.26. The van der Waals surface area contributed by atoms with E-state index >= 15 is 0 Å². The van der Waals surface area contributed by atoms with Gasteiger partial charge >= 0.3 is 0 Å². The molecule has 64 valence electrons. The molecular formula is C11H9NO. The van der Waals surface area contributed by atoms with Gasteiger partial charge in [0.15, 0.2) is 0 Å². The van der Waals surface area contributed by atoms with Crippen LogP contribution in [0, 0.1) is 0 Å². The van der Waals surface area contributed by atoms with Crippen LogP contribution in [0.15, 0.2) is 36.9 Å². The lowest BCUT2D eigenvalue weighted by atomic mass is 10.2. The van der Waals surface area contributed by atoms with E-state index in [1.807, 2.05) is 24.3 Å². The van der Waals surface area contributed by atoms with E-state index < -0.39 is 0 Å². The minimum Gasteiger partial charge on any atom is -0.507 e. The molecule has 0 spiro atoms. The molecule has 2 heteroatoms. The molecule has 1 N–H and O–H groups in total. The van der Waals surface area contributed by atoms with Gasteiger partial charge in [0.1, 0.15) is 5.75 Å². The van der Waals surface area contributed by atoms with Crippen LogP contribution in [0.5, 0.6) is 5.75 Å². The molecule has 0 saturated carbocycles. The van der Waals surface area contributed by atoms with Crippen molar-refractivity contribution in [1.29, 1.82) is 0 Å². The van der Waals surface area contributed by atoms with Crippen molar-refractivity contribution in [2.45, 2.75) is 0 Å². The molecule has 0 bridgehead atoms.